The molecule has 29 heavy (non-hydrogen) atoms. The number of esters is 1. The molecule has 0 aliphatic heterocycles. The fraction of sp³-hybridized carbons (Fsp3) is 0.0455. The number of hydrogen-bond donors (Lipinski definition) is 0. The molecule has 0 aliphatic rings. The molecule has 0 aliphatic carbocycles. The van der Waals surface area contributed by atoms with Crippen LogP contribution in [0.4, 0.5) is 0 Å². The van der Waals surface area contributed by atoms with E-state index in [1.165, 1.54) is 0 Å². The van der Waals surface area contributed by atoms with Gasteiger partial charge in [-0.3, -0.25) is 9.59 Å². The van der Waals surface area contributed by atoms with Gasteiger partial charge in [0, 0.05) is 25.0 Å². The molecule has 4 nitrogen and oxygen atoms in total. The van der Waals surface area contributed by atoms with Crippen LogP contribution in [0.1, 0.15) is 31.1 Å². The van der Waals surface area contributed by atoms with Gasteiger partial charge in [-0.1, -0.05) is 50.1 Å². The molecule has 3 rings (SSSR count). The maximum Gasteiger partial charge on any atom is 0.338 e. The number of halogens is 2. The van der Waals surface area contributed by atoms with Crippen molar-refractivity contribution in [2.75, 3.05) is 6.61 Å². The molecule has 0 spiro atoms. The Morgan fingerprint density at radius 3 is 2.14 bits per heavy atom. The maximum atomic E-state index is 12.7. The highest BCUT2D eigenvalue weighted by molar-refractivity contribution is 9.10. The molecule has 0 atom stereocenters. The zero-order valence-electron chi connectivity index (χ0n) is 14.9. The third-order valence-electron chi connectivity index (χ3n) is 3.87. The summed E-state index contributed by atoms with van der Waals surface area (Å²) in [5, 5.41) is -0.189. The van der Waals surface area contributed by atoms with E-state index in [1.54, 1.807) is 72.8 Å². The van der Waals surface area contributed by atoms with Gasteiger partial charge in [0.1, 0.15) is 0 Å². The SMILES string of the molecule is O=C(OCC(=O)c1ccc(Br)cc1SC(=O)c1ccc(Br)cc1)c1ccccc1. The molecule has 146 valence electrons. The first kappa shape index (κ1) is 21.5. The van der Waals surface area contributed by atoms with Gasteiger partial charge in [0.25, 0.3) is 0 Å². The number of ketones is 1. The Morgan fingerprint density at radius 2 is 1.45 bits per heavy atom. The molecule has 3 aromatic rings. The second-order valence-corrected chi connectivity index (χ2v) is 8.75. The van der Waals surface area contributed by atoms with E-state index in [0.29, 0.717) is 21.6 Å². The molecule has 0 unspecified atom stereocenters. The summed E-state index contributed by atoms with van der Waals surface area (Å²) in [6.07, 6.45) is 0. The lowest BCUT2D eigenvalue weighted by Crippen LogP contribution is -2.15. The minimum atomic E-state index is -0.573. The predicted octanol–water partition coefficient (Wildman–Crippen LogP) is 6.18. The highest BCUT2D eigenvalue weighted by atomic mass is 79.9. The molecule has 0 fully saturated rings. The Kier molecular flexibility index (Phi) is 7.41. The lowest BCUT2D eigenvalue weighted by molar-refractivity contribution is 0.0474. The zero-order valence-corrected chi connectivity index (χ0v) is 18.9. The van der Waals surface area contributed by atoms with Crippen LogP contribution in [0.3, 0.4) is 0 Å². The summed E-state index contributed by atoms with van der Waals surface area (Å²) in [6, 6.07) is 20.5. The van der Waals surface area contributed by atoms with Crippen LogP contribution in [0.15, 0.2) is 86.6 Å². The van der Waals surface area contributed by atoms with Crippen LogP contribution in [0.2, 0.25) is 0 Å². The first-order valence-corrected chi connectivity index (χ1v) is 10.9. The summed E-state index contributed by atoms with van der Waals surface area (Å²) in [4.78, 5) is 37.8. The Morgan fingerprint density at radius 1 is 0.793 bits per heavy atom. The number of Topliss-reactive ketones (excluding diaryl/α,β-unsaturated/α-hetero) is 1. The topological polar surface area (TPSA) is 60.4 Å². The average Bonchev–Trinajstić information content (AvgIpc) is 2.73. The summed E-state index contributed by atoms with van der Waals surface area (Å²) >= 11 is 7.66. The highest BCUT2D eigenvalue weighted by Gasteiger charge is 2.18. The molecule has 0 heterocycles. The van der Waals surface area contributed by atoms with E-state index < -0.39 is 12.6 Å². The highest BCUT2D eigenvalue weighted by Crippen LogP contribution is 2.30. The third-order valence-corrected chi connectivity index (χ3v) is 5.87. The van der Waals surface area contributed by atoms with Gasteiger partial charge >= 0.3 is 5.97 Å². The summed E-state index contributed by atoms with van der Waals surface area (Å²) in [5.41, 5.74) is 1.22. The average molecular weight is 534 g/mol. The van der Waals surface area contributed by atoms with E-state index in [0.717, 1.165) is 20.7 Å². The summed E-state index contributed by atoms with van der Waals surface area (Å²) in [7, 11) is 0. The van der Waals surface area contributed by atoms with Crippen molar-refractivity contribution in [2.24, 2.45) is 0 Å². The number of thioether (sulfide) groups is 1. The fourth-order valence-corrected chi connectivity index (χ4v) is 4.13. The van der Waals surface area contributed by atoms with Crippen molar-refractivity contribution < 1.29 is 19.1 Å². The van der Waals surface area contributed by atoms with Gasteiger partial charge in [-0.2, -0.15) is 0 Å². The summed E-state index contributed by atoms with van der Waals surface area (Å²) < 4.78 is 6.74. The van der Waals surface area contributed by atoms with E-state index in [4.69, 9.17) is 4.74 Å². The van der Waals surface area contributed by atoms with Gasteiger partial charge in [-0.25, -0.2) is 4.79 Å². The van der Waals surface area contributed by atoms with Crippen LogP contribution >= 0.6 is 43.6 Å². The first-order chi connectivity index (χ1) is 13.9. The minimum Gasteiger partial charge on any atom is -0.454 e. The lowest BCUT2D eigenvalue weighted by atomic mass is 10.1. The van der Waals surface area contributed by atoms with Crippen molar-refractivity contribution in [3.63, 3.8) is 0 Å². The molecule has 0 N–H and O–H groups in total. The molecule has 0 bridgehead atoms. The van der Waals surface area contributed by atoms with Crippen LogP contribution in [-0.4, -0.2) is 23.5 Å². The molecule has 3 aromatic carbocycles. The molecular formula is C22H14Br2O4S. The second-order valence-electron chi connectivity index (χ2n) is 5.90. The van der Waals surface area contributed by atoms with Crippen LogP contribution in [0.5, 0.6) is 0 Å². The van der Waals surface area contributed by atoms with Gasteiger partial charge < -0.3 is 4.74 Å². The van der Waals surface area contributed by atoms with Crippen molar-refractivity contribution in [1.82, 2.24) is 0 Å². The number of hydrogen-bond acceptors (Lipinski definition) is 5. The molecular weight excluding hydrogens is 520 g/mol. The Labute approximate surface area is 188 Å². The largest absolute Gasteiger partial charge is 0.454 e. The van der Waals surface area contributed by atoms with E-state index in [9.17, 15) is 14.4 Å². The minimum absolute atomic E-state index is 0.189. The molecule has 0 radical (unpaired) electrons. The lowest BCUT2D eigenvalue weighted by Gasteiger charge is -2.09. The predicted molar refractivity (Wildman–Crippen MR) is 120 cm³/mol. The van der Waals surface area contributed by atoms with Gasteiger partial charge in [0.2, 0.25) is 10.9 Å². The van der Waals surface area contributed by atoms with E-state index in [-0.39, 0.29) is 10.9 Å². The number of rotatable bonds is 6. The van der Waals surface area contributed by atoms with E-state index >= 15 is 0 Å². The maximum absolute atomic E-state index is 12.7. The molecule has 7 heteroatoms. The van der Waals surface area contributed by atoms with Crippen molar-refractivity contribution in [3.05, 3.63) is 98.4 Å². The molecule has 0 aromatic heterocycles. The molecule has 0 amide bonds. The van der Waals surface area contributed by atoms with Crippen LogP contribution in [0.25, 0.3) is 0 Å². The summed E-state index contributed by atoms with van der Waals surface area (Å²) in [5.74, 6) is -0.955. The van der Waals surface area contributed by atoms with Crippen LogP contribution < -0.4 is 0 Å². The first-order valence-electron chi connectivity index (χ1n) is 8.47. The zero-order chi connectivity index (χ0) is 20.8. The van der Waals surface area contributed by atoms with Crippen molar-refractivity contribution in [2.45, 2.75) is 4.90 Å². The monoisotopic (exact) mass is 532 g/mol. The number of carbonyl (C=O) groups excluding carboxylic acids is 3. The Hall–Kier alpha value is -2.22. The number of ether oxygens (including phenoxy) is 1. The van der Waals surface area contributed by atoms with Crippen molar-refractivity contribution in [1.29, 1.82) is 0 Å². The smallest absolute Gasteiger partial charge is 0.338 e. The summed E-state index contributed by atoms with van der Waals surface area (Å²) in [6.45, 7) is -0.407. The van der Waals surface area contributed by atoms with Gasteiger partial charge in [0.15, 0.2) is 6.61 Å². The standard InChI is InChI=1S/C22H14Br2O4S/c23-16-8-6-15(7-9-16)22(27)29-20-12-17(24)10-11-18(20)19(25)13-28-21(26)14-4-2-1-3-5-14/h1-12H,13H2. The van der Waals surface area contributed by atoms with Gasteiger partial charge in [-0.05, 0) is 66.4 Å². The van der Waals surface area contributed by atoms with Gasteiger partial charge in [-0.15, -0.1) is 0 Å². The Balaban J connectivity index is 1.73. The number of carbonyl (C=O) groups is 3. The quantitative estimate of drug-likeness (QED) is 0.215. The van der Waals surface area contributed by atoms with E-state index in [1.807, 2.05) is 0 Å². The van der Waals surface area contributed by atoms with E-state index in [2.05, 4.69) is 31.9 Å². The normalized spacial score (nSPS) is 10.4. The Bertz CT molecular complexity index is 1050. The fourth-order valence-electron chi connectivity index (χ4n) is 2.42. The van der Waals surface area contributed by atoms with Crippen LogP contribution in [-0.2, 0) is 4.74 Å². The van der Waals surface area contributed by atoms with Crippen molar-refractivity contribution >= 4 is 60.5 Å². The van der Waals surface area contributed by atoms with Crippen molar-refractivity contribution in [3.8, 4) is 0 Å². The van der Waals surface area contributed by atoms with Crippen LogP contribution in [0, 0.1) is 0 Å². The second kappa shape index (κ2) is 10.0. The molecule has 0 saturated carbocycles. The third kappa shape index (κ3) is 5.88. The molecule has 0 saturated heterocycles. The number of benzene rings is 3. The van der Waals surface area contributed by atoms with Gasteiger partial charge in [0.05, 0.1) is 5.56 Å².